The van der Waals surface area contributed by atoms with Crippen LogP contribution in [0.25, 0.3) is 0 Å². The van der Waals surface area contributed by atoms with Crippen molar-refractivity contribution < 1.29 is 19.4 Å². The van der Waals surface area contributed by atoms with Gasteiger partial charge in [0, 0.05) is 25.5 Å². The van der Waals surface area contributed by atoms with Crippen molar-refractivity contribution in [3.63, 3.8) is 0 Å². The standard InChI is InChI=1S/C13H19N3O4/c1-8-10(9(2)16-15-8)11(17)14-7-13(12(18)19)3-5-20-6-4-13/h3-7H2,1-2H3,(H,14,17)(H,15,16)(H,18,19). The Labute approximate surface area is 116 Å². The first-order chi connectivity index (χ1) is 9.46. The minimum Gasteiger partial charge on any atom is -0.481 e. The smallest absolute Gasteiger partial charge is 0.311 e. The minimum atomic E-state index is -0.931. The highest BCUT2D eigenvalue weighted by Gasteiger charge is 2.40. The molecular formula is C13H19N3O4. The number of aromatic nitrogens is 2. The lowest BCUT2D eigenvalue weighted by Crippen LogP contribution is -2.46. The molecule has 110 valence electrons. The van der Waals surface area contributed by atoms with E-state index in [1.165, 1.54) is 0 Å². The molecule has 1 aliphatic heterocycles. The van der Waals surface area contributed by atoms with Gasteiger partial charge in [-0.05, 0) is 26.7 Å². The lowest BCUT2D eigenvalue weighted by Gasteiger charge is -2.33. The van der Waals surface area contributed by atoms with Gasteiger partial charge in [0.1, 0.15) is 0 Å². The zero-order valence-corrected chi connectivity index (χ0v) is 11.7. The highest BCUT2D eigenvalue weighted by atomic mass is 16.5. The van der Waals surface area contributed by atoms with E-state index in [9.17, 15) is 14.7 Å². The summed E-state index contributed by atoms with van der Waals surface area (Å²) in [6.45, 7) is 4.42. The molecule has 1 aromatic rings. The second kappa shape index (κ2) is 5.62. The van der Waals surface area contributed by atoms with Crippen molar-refractivity contribution in [1.29, 1.82) is 0 Å². The van der Waals surface area contributed by atoms with Crippen LogP contribution in [0.2, 0.25) is 0 Å². The van der Waals surface area contributed by atoms with Gasteiger partial charge in [0.25, 0.3) is 5.91 Å². The molecule has 7 heteroatoms. The molecule has 1 aromatic heterocycles. The number of aromatic amines is 1. The molecule has 2 heterocycles. The number of amides is 1. The Hall–Kier alpha value is -1.89. The van der Waals surface area contributed by atoms with Crippen LogP contribution < -0.4 is 5.32 Å². The highest BCUT2D eigenvalue weighted by molar-refractivity contribution is 5.96. The lowest BCUT2D eigenvalue weighted by molar-refractivity contribution is -0.154. The number of ether oxygens (including phenoxy) is 1. The normalized spacial score (nSPS) is 17.7. The summed E-state index contributed by atoms with van der Waals surface area (Å²) in [6.07, 6.45) is 0.817. The molecule has 0 unspecified atom stereocenters. The number of rotatable bonds is 4. The highest BCUT2D eigenvalue weighted by Crippen LogP contribution is 2.30. The molecule has 2 rings (SSSR count). The van der Waals surface area contributed by atoms with E-state index in [0.717, 1.165) is 0 Å². The summed E-state index contributed by atoms with van der Waals surface area (Å²) in [5.74, 6) is -1.18. The molecule has 1 aliphatic rings. The van der Waals surface area contributed by atoms with Gasteiger partial charge in [-0.2, -0.15) is 5.10 Å². The van der Waals surface area contributed by atoms with E-state index in [2.05, 4.69) is 15.5 Å². The topological polar surface area (TPSA) is 104 Å². The molecule has 0 spiro atoms. The van der Waals surface area contributed by atoms with Crippen molar-refractivity contribution in [3.8, 4) is 0 Å². The molecular weight excluding hydrogens is 262 g/mol. The zero-order chi connectivity index (χ0) is 14.8. The van der Waals surface area contributed by atoms with Gasteiger partial charge < -0.3 is 15.2 Å². The molecule has 3 N–H and O–H groups in total. The summed E-state index contributed by atoms with van der Waals surface area (Å²) in [6, 6.07) is 0. The molecule has 0 atom stereocenters. The number of hydrogen-bond donors (Lipinski definition) is 3. The number of aliphatic carboxylic acids is 1. The monoisotopic (exact) mass is 281 g/mol. The van der Waals surface area contributed by atoms with Crippen molar-refractivity contribution in [2.45, 2.75) is 26.7 Å². The van der Waals surface area contributed by atoms with E-state index in [1.807, 2.05) is 0 Å². The van der Waals surface area contributed by atoms with Gasteiger partial charge >= 0.3 is 5.97 Å². The molecule has 7 nitrogen and oxygen atoms in total. The Kier molecular flexibility index (Phi) is 4.08. The second-order valence-electron chi connectivity index (χ2n) is 5.19. The number of nitrogens with zero attached hydrogens (tertiary/aromatic N) is 1. The molecule has 1 amide bonds. The fourth-order valence-electron chi connectivity index (χ4n) is 2.45. The number of nitrogens with one attached hydrogen (secondary N) is 2. The Morgan fingerprint density at radius 1 is 1.40 bits per heavy atom. The van der Waals surface area contributed by atoms with Crippen LogP contribution in [0.15, 0.2) is 0 Å². The summed E-state index contributed by atoms with van der Waals surface area (Å²) in [7, 11) is 0. The molecule has 0 aromatic carbocycles. The van der Waals surface area contributed by atoms with Gasteiger partial charge in [-0.1, -0.05) is 0 Å². The first kappa shape index (κ1) is 14.5. The Bertz CT molecular complexity index is 498. The average Bonchev–Trinajstić information content (AvgIpc) is 2.76. The van der Waals surface area contributed by atoms with E-state index < -0.39 is 11.4 Å². The molecule has 0 saturated carbocycles. The van der Waals surface area contributed by atoms with E-state index >= 15 is 0 Å². The van der Waals surface area contributed by atoms with Crippen LogP contribution in [-0.2, 0) is 9.53 Å². The van der Waals surface area contributed by atoms with Gasteiger partial charge in [0.05, 0.1) is 16.7 Å². The first-order valence-corrected chi connectivity index (χ1v) is 6.57. The maximum Gasteiger partial charge on any atom is 0.311 e. The predicted molar refractivity (Wildman–Crippen MR) is 70.5 cm³/mol. The summed E-state index contributed by atoms with van der Waals surface area (Å²) >= 11 is 0. The number of H-pyrrole nitrogens is 1. The van der Waals surface area contributed by atoms with Crippen LogP contribution in [0.5, 0.6) is 0 Å². The molecule has 0 bridgehead atoms. The SMILES string of the molecule is Cc1n[nH]c(C)c1C(=O)NCC1(C(=O)O)CCOCC1. The number of carbonyl (C=O) groups excluding carboxylic acids is 1. The van der Waals surface area contributed by atoms with Crippen LogP contribution in [0, 0.1) is 19.3 Å². The summed E-state index contributed by atoms with van der Waals surface area (Å²) < 4.78 is 5.20. The summed E-state index contributed by atoms with van der Waals surface area (Å²) in [5, 5.41) is 18.8. The number of carbonyl (C=O) groups is 2. The number of carboxylic acid groups (broad SMARTS) is 1. The number of carboxylic acids is 1. The zero-order valence-electron chi connectivity index (χ0n) is 11.7. The molecule has 1 fully saturated rings. The van der Waals surface area contributed by atoms with Gasteiger partial charge in [0.2, 0.25) is 0 Å². The van der Waals surface area contributed by atoms with Crippen molar-refractivity contribution >= 4 is 11.9 Å². The minimum absolute atomic E-state index is 0.106. The second-order valence-corrected chi connectivity index (χ2v) is 5.19. The molecule has 0 radical (unpaired) electrons. The van der Waals surface area contributed by atoms with E-state index in [0.29, 0.717) is 43.0 Å². The van der Waals surface area contributed by atoms with Crippen molar-refractivity contribution in [3.05, 3.63) is 17.0 Å². The molecule has 1 saturated heterocycles. The van der Waals surface area contributed by atoms with E-state index in [-0.39, 0.29) is 12.5 Å². The Morgan fingerprint density at radius 3 is 2.55 bits per heavy atom. The van der Waals surface area contributed by atoms with Crippen LogP contribution in [-0.4, -0.2) is 46.9 Å². The number of aryl methyl sites for hydroxylation is 2. The Morgan fingerprint density at radius 2 is 2.05 bits per heavy atom. The lowest BCUT2D eigenvalue weighted by atomic mass is 9.80. The van der Waals surface area contributed by atoms with Gasteiger partial charge in [-0.15, -0.1) is 0 Å². The first-order valence-electron chi connectivity index (χ1n) is 6.57. The summed E-state index contributed by atoms with van der Waals surface area (Å²) in [5.41, 5.74) is 0.838. The van der Waals surface area contributed by atoms with Gasteiger partial charge in [-0.3, -0.25) is 14.7 Å². The fraction of sp³-hybridized carbons (Fsp3) is 0.615. The fourth-order valence-corrected chi connectivity index (χ4v) is 2.45. The van der Waals surface area contributed by atoms with E-state index in [4.69, 9.17) is 4.74 Å². The quantitative estimate of drug-likeness (QED) is 0.751. The third-order valence-electron chi connectivity index (χ3n) is 3.85. The molecule has 20 heavy (non-hydrogen) atoms. The third-order valence-corrected chi connectivity index (χ3v) is 3.85. The largest absolute Gasteiger partial charge is 0.481 e. The maximum atomic E-state index is 12.2. The third kappa shape index (κ3) is 2.67. The van der Waals surface area contributed by atoms with Gasteiger partial charge in [0.15, 0.2) is 0 Å². The van der Waals surface area contributed by atoms with Crippen LogP contribution in [0.1, 0.15) is 34.6 Å². The summed E-state index contributed by atoms with van der Waals surface area (Å²) in [4.78, 5) is 23.6. The number of hydrogen-bond acceptors (Lipinski definition) is 4. The molecule has 0 aliphatic carbocycles. The maximum absolute atomic E-state index is 12.2. The van der Waals surface area contributed by atoms with Crippen LogP contribution >= 0.6 is 0 Å². The van der Waals surface area contributed by atoms with Crippen molar-refractivity contribution in [2.24, 2.45) is 5.41 Å². The average molecular weight is 281 g/mol. The van der Waals surface area contributed by atoms with Gasteiger partial charge in [-0.25, -0.2) is 0 Å². The van der Waals surface area contributed by atoms with E-state index in [1.54, 1.807) is 13.8 Å². The van der Waals surface area contributed by atoms with Crippen LogP contribution in [0.4, 0.5) is 0 Å². The van der Waals surface area contributed by atoms with Crippen molar-refractivity contribution in [1.82, 2.24) is 15.5 Å². The van der Waals surface area contributed by atoms with Crippen molar-refractivity contribution in [2.75, 3.05) is 19.8 Å². The Balaban J connectivity index is 2.06. The predicted octanol–water partition coefficient (Wildman–Crippen LogP) is 0.638. The van der Waals surface area contributed by atoms with Crippen LogP contribution in [0.3, 0.4) is 0 Å².